The molecule has 4 heavy (non-hydrogen) atoms. The quantitative estimate of drug-likeness (QED) is 0.479. The molecule has 0 fully saturated rings. The minimum absolute atomic E-state index is 0. The maximum atomic E-state index is 0. The van der Waals surface area contributed by atoms with E-state index < -0.39 is 0 Å². The zero-order valence-electron chi connectivity index (χ0n) is 1.63. The zero-order valence-corrected chi connectivity index (χ0v) is 4.90. The summed E-state index contributed by atoms with van der Waals surface area (Å²) in [6, 6.07) is 0. The first-order valence-corrected chi connectivity index (χ1v) is 0. The van der Waals surface area contributed by atoms with E-state index in [9.17, 15) is 0 Å². The summed E-state index contributed by atoms with van der Waals surface area (Å²) in [6.07, 6.45) is 0. The molecule has 0 aromatic heterocycles. The van der Waals surface area contributed by atoms with Gasteiger partial charge in [0, 0.05) is 27.0 Å². The molecule has 0 saturated heterocycles. The summed E-state index contributed by atoms with van der Waals surface area (Å²) in [7, 11) is 0. The van der Waals surface area contributed by atoms with E-state index in [2.05, 4.69) is 0 Å². The summed E-state index contributed by atoms with van der Waals surface area (Å²) in [6.45, 7) is 0. The molecule has 0 unspecified atom stereocenters. The van der Waals surface area contributed by atoms with Crippen LogP contribution in [0, 0.1) is 0 Å². The SMILES string of the molecule is Cl.Cl.[S].[S]. The van der Waals surface area contributed by atoms with Crippen LogP contribution in [0.1, 0.15) is 0 Å². The molecule has 0 rings (SSSR count). The third-order valence-electron chi connectivity index (χ3n) is 0. The van der Waals surface area contributed by atoms with Crippen molar-refractivity contribution in [1.82, 2.24) is 0 Å². The van der Waals surface area contributed by atoms with E-state index in [1.807, 2.05) is 0 Å². The molecule has 0 bridgehead atoms. The molecule has 0 saturated carbocycles. The Hall–Kier alpha value is 1.28. The number of hydrogen-bond acceptors (Lipinski definition) is 0. The van der Waals surface area contributed by atoms with Gasteiger partial charge in [-0.3, -0.25) is 0 Å². The van der Waals surface area contributed by atoms with E-state index in [1.54, 1.807) is 0 Å². The Morgan fingerprint density at radius 3 is 0.500 bits per heavy atom. The molecule has 0 aliphatic rings. The minimum atomic E-state index is 0. The average molecular weight is 137 g/mol. The Balaban J connectivity index is 0. The predicted molar refractivity (Wildman–Crippen MR) is 29.7 cm³/mol. The molecule has 4 heteroatoms. The lowest BCUT2D eigenvalue weighted by molar-refractivity contribution is 5.85. The summed E-state index contributed by atoms with van der Waals surface area (Å²) in [5.74, 6) is 0. The average Bonchev–Trinajstić information content (AvgIpc) is 0. The van der Waals surface area contributed by atoms with Crippen LogP contribution in [0.15, 0.2) is 0 Å². The first-order valence-electron chi connectivity index (χ1n) is 0. The van der Waals surface area contributed by atoms with Crippen LogP contribution in [0.4, 0.5) is 0 Å². The normalized spacial score (nSPS) is 0. The molecule has 0 aliphatic carbocycles. The van der Waals surface area contributed by atoms with Crippen molar-refractivity contribution in [1.29, 1.82) is 0 Å². The van der Waals surface area contributed by atoms with E-state index in [0.717, 1.165) is 0 Å². The number of hydrogen-bond donors (Lipinski definition) is 0. The van der Waals surface area contributed by atoms with Gasteiger partial charge in [0.15, 0.2) is 0 Å². The van der Waals surface area contributed by atoms with Crippen LogP contribution in [0.25, 0.3) is 0 Å². The highest BCUT2D eigenvalue weighted by Crippen LogP contribution is 0.691. The Morgan fingerprint density at radius 2 is 0.500 bits per heavy atom. The summed E-state index contributed by atoms with van der Waals surface area (Å²) in [5.41, 5.74) is 0. The van der Waals surface area contributed by atoms with E-state index in [1.165, 1.54) is 0 Å². The van der Waals surface area contributed by atoms with Crippen molar-refractivity contribution in [2.45, 2.75) is 0 Å². The fourth-order valence-corrected chi connectivity index (χ4v) is 0. The van der Waals surface area contributed by atoms with Crippen LogP contribution in [0.2, 0.25) is 0 Å². The van der Waals surface area contributed by atoms with Gasteiger partial charge < -0.3 is 0 Å². The largest absolute Gasteiger partial charge is 0.147 e. The van der Waals surface area contributed by atoms with Gasteiger partial charge >= 0.3 is 0 Å². The lowest BCUT2D eigenvalue weighted by Crippen LogP contribution is 0.647. The highest BCUT2D eigenvalue weighted by atomic mass is 35.5. The van der Waals surface area contributed by atoms with Gasteiger partial charge in [-0.15, -0.1) is 24.8 Å². The molecule has 0 heterocycles. The van der Waals surface area contributed by atoms with Gasteiger partial charge in [0.05, 0.1) is 0 Å². The van der Waals surface area contributed by atoms with Crippen LogP contribution in [0.3, 0.4) is 0 Å². The van der Waals surface area contributed by atoms with Gasteiger partial charge in [0.2, 0.25) is 0 Å². The molecule has 0 spiro atoms. The molecule has 0 aromatic carbocycles. The van der Waals surface area contributed by atoms with Gasteiger partial charge in [-0.2, -0.15) is 0 Å². The second kappa shape index (κ2) is 28.1. The lowest BCUT2D eigenvalue weighted by Gasteiger charge is -0.148. The van der Waals surface area contributed by atoms with Gasteiger partial charge in [0.25, 0.3) is 0 Å². The Kier molecular flexibility index (Phi) is 415. The van der Waals surface area contributed by atoms with Crippen LogP contribution < -0.4 is 0 Å². The summed E-state index contributed by atoms with van der Waals surface area (Å²) >= 11 is 0. The van der Waals surface area contributed by atoms with Crippen LogP contribution in [-0.2, 0) is 0 Å². The monoisotopic (exact) mass is 136 g/mol. The smallest absolute Gasteiger partial charge is 0 e. The maximum Gasteiger partial charge on any atom is 0 e. The van der Waals surface area contributed by atoms with Crippen LogP contribution in [-0.4, -0.2) is 0 Å². The van der Waals surface area contributed by atoms with Crippen molar-refractivity contribution in [2.24, 2.45) is 0 Å². The van der Waals surface area contributed by atoms with Crippen molar-refractivity contribution in [2.75, 3.05) is 0 Å². The van der Waals surface area contributed by atoms with Crippen molar-refractivity contribution in [3.63, 3.8) is 0 Å². The molecular weight excluding hydrogens is 135 g/mol. The maximum absolute atomic E-state index is 0. The number of rotatable bonds is 0. The highest BCUT2D eigenvalue weighted by molar-refractivity contribution is 7.59. The topological polar surface area (TPSA) is 0 Å². The Morgan fingerprint density at radius 1 is 0.500 bits per heavy atom. The fraction of sp³-hybridized carbons (Fsp3) is 0. The zero-order chi connectivity index (χ0) is 0. The molecule has 0 N–H and O–H groups in total. The lowest BCUT2D eigenvalue weighted by atomic mass is 32.1. The van der Waals surface area contributed by atoms with Gasteiger partial charge in [-0.05, 0) is 0 Å². The molecule has 28 valence electrons. The van der Waals surface area contributed by atoms with Crippen LogP contribution >= 0.6 is 51.8 Å². The Labute approximate surface area is 52.1 Å². The molecule has 0 nitrogen and oxygen atoms in total. The van der Waals surface area contributed by atoms with E-state index in [-0.39, 0.29) is 51.8 Å². The minimum Gasteiger partial charge on any atom is -0.147 e. The van der Waals surface area contributed by atoms with Crippen molar-refractivity contribution in [3.05, 3.63) is 0 Å². The Bertz CT molecular complexity index is 4.00. The molecule has 0 atom stereocenters. The van der Waals surface area contributed by atoms with E-state index in [0.29, 0.717) is 0 Å². The second-order valence-electron chi connectivity index (χ2n) is 0. The molecular formula is H2Cl2S2. The van der Waals surface area contributed by atoms with Crippen molar-refractivity contribution >= 4 is 51.8 Å². The molecule has 0 aliphatic heterocycles. The predicted octanol–water partition coefficient (Wildman–Crippen LogP) is 2.14. The summed E-state index contributed by atoms with van der Waals surface area (Å²) in [4.78, 5) is 0. The number of halogens is 2. The van der Waals surface area contributed by atoms with Crippen molar-refractivity contribution < 1.29 is 0 Å². The molecule has 0 amide bonds. The molecule has 0 aromatic rings. The highest BCUT2D eigenvalue weighted by Gasteiger charge is 0.00103. The van der Waals surface area contributed by atoms with Gasteiger partial charge in [-0.25, -0.2) is 0 Å². The second-order valence-corrected chi connectivity index (χ2v) is 0. The van der Waals surface area contributed by atoms with Gasteiger partial charge in [0.1, 0.15) is 0 Å². The van der Waals surface area contributed by atoms with E-state index >= 15 is 0 Å². The first kappa shape index (κ1) is 59.0. The van der Waals surface area contributed by atoms with Gasteiger partial charge in [-0.1, -0.05) is 0 Å². The standard InChI is InChI=1S/2ClH.2S/h2*1H;;. The summed E-state index contributed by atoms with van der Waals surface area (Å²) < 4.78 is 0. The molecule has 4 radical (unpaired) electrons. The van der Waals surface area contributed by atoms with Crippen molar-refractivity contribution in [3.8, 4) is 0 Å². The first-order chi connectivity index (χ1) is 0. The third kappa shape index (κ3) is 10.4. The van der Waals surface area contributed by atoms with Crippen LogP contribution in [0.5, 0.6) is 0 Å². The van der Waals surface area contributed by atoms with E-state index in [4.69, 9.17) is 0 Å². The third-order valence-corrected chi connectivity index (χ3v) is 0. The fourth-order valence-electron chi connectivity index (χ4n) is 0. The summed E-state index contributed by atoms with van der Waals surface area (Å²) in [5, 5.41) is 0.